The highest BCUT2D eigenvalue weighted by molar-refractivity contribution is 14.1. The Morgan fingerprint density at radius 3 is 2.58 bits per heavy atom. The maximum Gasteiger partial charge on any atom is 0.244 e. The van der Waals surface area contributed by atoms with Gasteiger partial charge in [-0.3, -0.25) is 4.79 Å². The number of halogens is 1. The number of aryl methyl sites for hydroxylation is 2. The van der Waals surface area contributed by atoms with Crippen molar-refractivity contribution in [1.29, 1.82) is 0 Å². The molecule has 0 aliphatic rings. The van der Waals surface area contributed by atoms with Crippen molar-refractivity contribution in [2.75, 3.05) is 6.61 Å². The molecule has 0 saturated heterocycles. The van der Waals surface area contributed by atoms with Crippen LogP contribution in [0.4, 0.5) is 0 Å². The van der Waals surface area contributed by atoms with Crippen molar-refractivity contribution in [3.05, 3.63) is 104 Å². The molecule has 0 fully saturated rings. The van der Waals surface area contributed by atoms with Crippen LogP contribution in [-0.4, -0.2) is 18.7 Å². The second-order valence-electron chi connectivity index (χ2n) is 8.58. The largest absolute Gasteiger partial charge is 0.490 e. The summed E-state index contributed by atoms with van der Waals surface area (Å²) in [5.74, 6) is 1.18. The lowest BCUT2D eigenvalue weighted by molar-refractivity contribution is -0.120. The number of rotatable bonds is 9. The minimum absolute atomic E-state index is 0.163. The first kappa shape index (κ1) is 25.7. The predicted octanol–water partition coefficient (Wildman–Crippen LogP) is 6.73. The molecule has 5 nitrogen and oxygen atoms in total. The Morgan fingerprint density at radius 2 is 1.78 bits per heavy atom. The first-order valence-corrected chi connectivity index (χ1v) is 13.0. The number of fused-ring (bicyclic) bond motifs is 1. The molecule has 1 amide bonds. The van der Waals surface area contributed by atoms with Gasteiger partial charge in [0.25, 0.3) is 0 Å². The summed E-state index contributed by atoms with van der Waals surface area (Å²) < 4.78 is 13.0. The summed E-state index contributed by atoms with van der Waals surface area (Å²) in [6.07, 6.45) is 1.90. The fraction of sp³-hybridized carbons (Fsp3) is 0.200. The van der Waals surface area contributed by atoms with E-state index in [0.29, 0.717) is 24.7 Å². The van der Waals surface area contributed by atoms with Gasteiger partial charge in [-0.05, 0) is 94.1 Å². The Kier molecular flexibility index (Phi) is 8.59. The average Bonchev–Trinajstić information content (AvgIpc) is 2.86. The molecule has 1 N–H and O–H groups in total. The van der Waals surface area contributed by atoms with Crippen LogP contribution < -0.4 is 14.9 Å². The molecule has 0 aromatic heterocycles. The number of nitrogens with zero attached hydrogens (tertiary/aromatic N) is 1. The lowest BCUT2D eigenvalue weighted by atomic mass is 10.0. The summed E-state index contributed by atoms with van der Waals surface area (Å²) in [6.45, 7) is 6.98. The Labute approximate surface area is 225 Å². The highest BCUT2D eigenvalue weighted by Crippen LogP contribution is 2.35. The normalized spacial score (nSPS) is 11.1. The topological polar surface area (TPSA) is 59.9 Å². The molecule has 36 heavy (non-hydrogen) atoms. The number of benzene rings is 4. The monoisotopic (exact) mass is 592 g/mol. The van der Waals surface area contributed by atoms with Gasteiger partial charge in [0, 0.05) is 0 Å². The number of hydrazone groups is 1. The third-order valence-electron chi connectivity index (χ3n) is 5.92. The summed E-state index contributed by atoms with van der Waals surface area (Å²) >= 11 is 2.24. The molecule has 0 radical (unpaired) electrons. The van der Waals surface area contributed by atoms with Crippen molar-refractivity contribution >= 4 is 45.5 Å². The first-order valence-electron chi connectivity index (χ1n) is 11.9. The van der Waals surface area contributed by atoms with Gasteiger partial charge in [-0.2, -0.15) is 5.10 Å². The molecule has 6 heteroatoms. The van der Waals surface area contributed by atoms with Gasteiger partial charge in [0.1, 0.15) is 6.61 Å². The maximum atomic E-state index is 12.3. The average molecular weight is 592 g/mol. The van der Waals surface area contributed by atoms with Crippen LogP contribution >= 0.6 is 22.6 Å². The fourth-order valence-corrected chi connectivity index (χ4v) is 4.73. The number of hydrogen-bond donors (Lipinski definition) is 1. The van der Waals surface area contributed by atoms with Gasteiger partial charge in [0.2, 0.25) is 5.91 Å². The standard InChI is InChI=1S/C30H29IN2O3/c1-4-35-28-16-23(18-32-33-29(34)17-22-13-12-20(2)21(3)14-22)15-27(31)30(28)36-19-25-10-7-9-24-8-5-6-11-26(24)25/h5-16,18H,4,17,19H2,1-3H3,(H,33,34)/b32-18-. The molecule has 4 aromatic rings. The van der Waals surface area contributed by atoms with Crippen LogP contribution in [0.1, 0.15) is 34.7 Å². The number of nitrogens with one attached hydrogen (secondary N) is 1. The van der Waals surface area contributed by atoms with Crippen LogP contribution in [0.5, 0.6) is 11.5 Å². The minimum Gasteiger partial charge on any atom is -0.490 e. The Morgan fingerprint density at radius 1 is 0.972 bits per heavy atom. The Hall–Kier alpha value is -3.39. The highest BCUT2D eigenvalue weighted by atomic mass is 127. The van der Waals surface area contributed by atoms with Crippen LogP contribution in [-0.2, 0) is 17.8 Å². The molecule has 0 unspecified atom stereocenters. The molecular formula is C30H29IN2O3. The van der Waals surface area contributed by atoms with E-state index >= 15 is 0 Å². The van der Waals surface area contributed by atoms with Crippen molar-refractivity contribution < 1.29 is 14.3 Å². The van der Waals surface area contributed by atoms with Crippen LogP contribution in [0.25, 0.3) is 10.8 Å². The number of ether oxygens (including phenoxy) is 2. The van der Waals surface area contributed by atoms with E-state index in [-0.39, 0.29) is 12.3 Å². The van der Waals surface area contributed by atoms with Crippen LogP contribution in [0, 0.1) is 17.4 Å². The summed E-state index contributed by atoms with van der Waals surface area (Å²) in [6, 6.07) is 24.4. The first-order chi connectivity index (χ1) is 17.4. The molecule has 0 spiro atoms. The molecule has 0 heterocycles. The van der Waals surface area contributed by atoms with Gasteiger partial charge in [0.05, 0.1) is 22.8 Å². The summed E-state index contributed by atoms with van der Waals surface area (Å²) in [7, 11) is 0. The summed E-state index contributed by atoms with van der Waals surface area (Å²) in [5.41, 5.74) is 7.89. The van der Waals surface area contributed by atoms with E-state index < -0.39 is 0 Å². The van der Waals surface area contributed by atoms with Crippen LogP contribution in [0.15, 0.2) is 77.9 Å². The second kappa shape index (κ2) is 12.0. The lowest BCUT2D eigenvalue weighted by Crippen LogP contribution is -2.19. The van der Waals surface area contributed by atoms with Crippen LogP contribution in [0.3, 0.4) is 0 Å². The molecule has 0 saturated carbocycles. The molecule has 4 aromatic carbocycles. The zero-order chi connectivity index (χ0) is 25.5. The zero-order valence-electron chi connectivity index (χ0n) is 20.7. The van der Waals surface area contributed by atoms with E-state index in [2.05, 4.69) is 64.3 Å². The Bertz CT molecular complexity index is 1410. The van der Waals surface area contributed by atoms with Crippen molar-refractivity contribution in [2.45, 2.75) is 33.8 Å². The van der Waals surface area contributed by atoms with Gasteiger partial charge in [-0.1, -0.05) is 60.7 Å². The Balaban J connectivity index is 1.45. The van der Waals surface area contributed by atoms with E-state index in [1.54, 1.807) is 6.21 Å². The van der Waals surface area contributed by atoms with Gasteiger partial charge in [-0.15, -0.1) is 0 Å². The highest BCUT2D eigenvalue weighted by Gasteiger charge is 2.13. The van der Waals surface area contributed by atoms with Crippen LogP contribution in [0.2, 0.25) is 0 Å². The van der Waals surface area contributed by atoms with Crippen molar-refractivity contribution in [3.8, 4) is 11.5 Å². The van der Waals surface area contributed by atoms with Gasteiger partial charge in [-0.25, -0.2) is 5.43 Å². The SMILES string of the molecule is CCOc1cc(/C=N\NC(=O)Cc2ccc(C)c(C)c2)cc(I)c1OCc1cccc2ccccc12. The van der Waals surface area contributed by atoms with Crippen molar-refractivity contribution in [2.24, 2.45) is 5.10 Å². The smallest absolute Gasteiger partial charge is 0.244 e. The van der Waals surface area contributed by atoms with Crippen molar-refractivity contribution in [3.63, 3.8) is 0 Å². The zero-order valence-corrected chi connectivity index (χ0v) is 22.8. The third-order valence-corrected chi connectivity index (χ3v) is 6.72. The quantitative estimate of drug-likeness (QED) is 0.133. The second-order valence-corrected chi connectivity index (χ2v) is 9.74. The van der Waals surface area contributed by atoms with E-state index in [1.165, 1.54) is 21.9 Å². The number of amides is 1. The van der Waals surface area contributed by atoms with Gasteiger partial charge >= 0.3 is 0 Å². The number of carbonyl (C=O) groups excluding carboxylic acids is 1. The van der Waals surface area contributed by atoms with Crippen molar-refractivity contribution in [1.82, 2.24) is 5.43 Å². The number of carbonyl (C=O) groups is 1. The van der Waals surface area contributed by atoms with E-state index in [0.717, 1.165) is 20.3 Å². The number of hydrogen-bond acceptors (Lipinski definition) is 4. The molecule has 4 rings (SSSR count). The predicted molar refractivity (Wildman–Crippen MR) is 154 cm³/mol. The van der Waals surface area contributed by atoms with Gasteiger partial charge < -0.3 is 9.47 Å². The molecule has 0 aliphatic carbocycles. The maximum absolute atomic E-state index is 12.3. The molecular weight excluding hydrogens is 563 g/mol. The molecule has 0 bridgehead atoms. The molecule has 184 valence electrons. The third kappa shape index (κ3) is 6.43. The van der Waals surface area contributed by atoms with E-state index in [9.17, 15) is 4.79 Å². The minimum atomic E-state index is -0.163. The fourth-order valence-electron chi connectivity index (χ4n) is 3.95. The summed E-state index contributed by atoms with van der Waals surface area (Å²) in [4.78, 5) is 12.3. The van der Waals surface area contributed by atoms with E-state index in [4.69, 9.17) is 9.47 Å². The molecule has 0 atom stereocenters. The lowest BCUT2D eigenvalue weighted by Gasteiger charge is -2.15. The van der Waals surface area contributed by atoms with Gasteiger partial charge in [0.15, 0.2) is 11.5 Å². The summed E-state index contributed by atoms with van der Waals surface area (Å²) in [5, 5.41) is 6.51. The van der Waals surface area contributed by atoms with E-state index in [1.807, 2.05) is 62.4 Å². The molecule has 0 aliphatic heterocycles.